The molecule has 0 spiro atoms. The van der Waals surface area contributed by atoms with E-state index in [4.69, 9.17) is 9.73 Å². The van der Waals surface area contributed by atoms with Gasteiger partial charge in [-0.3, -0.25) is 14.6 Å². The number of rotatable bonds is 4. The minimum atomic E-state index is -0.638. The predicted molar refractivity (Wildman–Crippen MR) is 108 cm³/mol. The maximum atomic E-state index is 13.3. The Bertz CT molecular complexity index is 1050. The highest BCUT2D eigenvalue weighted by Gasteiger charge is 2.54. The van der Waals surface area contributed by atoms with Crippen molar-refractivity contribution >= 4 is 23.7 Å². The molecular weight excluding hydrogens is 370 g/mol. The van der Waals surface area contributed by atoms with E-state index in [0.717, 1.165) is 17.1 Å². The Hall–Kier alpha value is -3.16. The zero-order valence-electron chi connectivity index (χ0n) is 17.6. The summed E-state index contributed by atoms with van der Waals surface area (Å²) in [5, 5.41) is 0. The smallest absolute Gasteiger partial charge is 0.407 e. The third kappa shape index (κ3) is 2.66. The van der Waals surface area contributed by atoms with E-state index in [1.54, 1.807) is 14.2 Å². The van der Waals surface area contributed by atoms with Gasteiger partial charge in [-0.2, -0.15) is 4.57 Å². The van der Waals surface area contributed by atoms with Crippen molar-refractivity contribution in [3.63, 3.8) is 0 Å². The SMILES string of the molecule is COc1ccccc1-n1c(C)c(C)[n+]2c1N=C1C2C(=O)N(CC(C)C)C(=O)N1C. The highest BCUT2D eigenvalue weighted by molar-refractivity contribution is 6.19. The van der Waals surface area contributed by atoms with Gasteiger partial charge in [-0.15, -0.1) is 0 Å². The van der Waals surface area contributed by atoms with Gasteiger partial charge in [0.1, 0.15) is 17.1 Å². The molecule has 1 aromatic carbocycles. The predicted octanol–water partition coefficient (Wildman–Crippen LogP) is 2.52. The van der Waals surface area contributed by atoms with Crippen LogP contribution in [0.4, 0.5) is 10.7 Å². The van der Waals surface area contributed by atoms with E-state index < -0.39 is 6.04 Å². The van der Waals surface area contributed by atoms with Crippen molar-refractivity contribution in [2.45, 2.75) is 33.7 Å². The van der Waals surface area contributed by atoms with Crippen molar-refractivity contribution in [1.82, 2.24) is 14.4 Å². The largest absolute Gasteiger partial charge is 0.493 e. The number of hydrogen-bond donors (Lipinski definition) is 0. The molecule has 152 valence electrons. The van der Waals surface area contributed by atoms with E-state index in [0.29, 0.717) is 24.1 Å². The molecule has 1 atom stereocenters. The molecule has 1 aromatic heterocycles. The van der Waals surface area contributed by atoms with Crippen LogP contribution >= 0.6 is 0 Å². The minimum Gasteiger partial charge on any atom is -0.493 e. The molecule has 0 aliphatic carbocycles. The molecule has 8 nitrogen and oxygen atoms in total. The fourth-order valence-electron chi connectivity index (χ4n) is 4.07. The molecule has 0 radical (unpaired) electrons. The Morgan fingerprint density at radius 3 is 2.55 bits per heavy atom. The van der Waals surface area contributed by atoms with Crippen LogP contribution in [0.2, 0.25) is 0 Å². The number of nitrogens with zero attached hydrogens (tertiary/aromatic N) is 5. The van der Waals surface area contributed by atoms with Gasteiger partial charge in [-0.25, -0.2) is 9.36 Å². The molecule has 4 rings (SSSR count). The first-order valence-corrected chi connectivity index (χ1v) is 9.72. The number of fused-ring (bicyclic) bond motifs is 3. The van der Waals surface area contributed by atoms with Crippen LogP contribution in [-0.4, -0.2) is 52.8 Å². The summed E-state index contributed by atoms with van der Waals surface area (Å²) < 4.78 is 9.45. The van der Waals surface area contributed by atoms with Crippen molar-refractivity contribution in [3.8, 4) is 11.4 Å². The van der Waals surface area contributed by atoms with Gasteiger partial charge in [0.15, 0.2) is 5.75 Å². The topological polar surface area (TPSA) is 71.0 Å². The average Bonchev–Trinajstić information content (AvgIpc) is 3.19. The number of carbonyl (C=O) groups is 2. The molecule has 2 aromatic rings. The van der Waals surface area contributed by atoms with Crippen LogP contribution in [0, 0.1) is 19.8 Å². The van der Waals surface area contributed by atoms with E-state index in [9.17, 15) is 9.59 Å². The molecule has 3 amide bonds. The van der Waals surface area contributed by atoms with Crippen LogP contribution in [0.25, 0.3) is 5.69 Å². The van der Waals surface area contributed by atoms with Crippen molar-refractivity contribution in [2.75, 3.05) is 20.7 Å². The number of aromatic nitrogens is 2. The highest BCUT2D eigenvalue weighted by atomic mass is 16.5. The van der Waals surface area contributed by atoms with Gasteiger partial charge in [0.25, 0.3) is 5.91 Å². The summed E-state index contributed by atoms with van der Waals surface area (Å²) in [7, 11) is 3.30. The van der Waals surface area contributed by atoms with Crippen molar-refractivity contribution in [1.29, 1.82) is 0 Å². The Balaban J connectivity index is 1.91. The number of imidazole rings is 1. The van der Waals surface area contributed by atoms with Crippen LogP contribution in [0.1, 0.15) is 31.3 Å². The molecule has 3 heterocycles. The van der Waals surface area contributed by atoms with Gasteiger partial charge in [0.2, 0.25) is 11.9 Å². The van der Waals surface area contributed by atoms with E-state index in [2.05, 4.69) is 0 Å². The normalized spacial score (nSPS) is 18.3. The second-order valence-corrected chi connectivity index (χ2v) is 7.90. The van der Waals surface area contributed by atoms with E-state index in [-0.39, 0.29) is 17.9 Å². The van der Waals surface area contributed by atoms with E-state index >= 15 is 0 Å². The number of likely N-dealkylation sites (N-methyl/N-ethyl adjacent to an activating group) is 1. The lowest BCUT2D eigenvalue weighted by atomic mass is 10.1. The number of amides is 3. The fraction of sp³-hybridized carbons (Fsp3) is 0.429. The zero-order chi connectivity index (χ0) is 21.0. The number of aliphatic imine (C=N–C) groups is 1. The Morgan fingerprint density at radius 2 is 1.90 bits per heavy atom. The Morgan fingerprint density at radius 1 is 1.21 bits per heavy atom. The molecule has 1 unspecified atom stereocenters. The molecule has 0 bridgehead atoms. The van der Waals surface area contributed by atoms with Crippen molar-refractivity contribution < 1.29 is 18.9 Å². The first-order valence-electron chi connectivity index (χ1n) is 9.72. The molecule has 8 heteroatoms. The molecule has 2 aliphatic rings. The Labute approximate surface area is 170 Å². The van der Waals surface area contributed by atoms with Crippen LogP contribution < -0.4 is 9.30 Å². The standard InChI is InChI=1S/C21H26N5O3/c1-12(2)11-24-19(27)17-18(23(5)21(24)28)22-20-25(13(3)14(4)26(17)20)15-9-7-8-10-16(15)29-6/h7-10,12,17H,11H2,1-6H3/q+1. The first-order chi connectivity index (χ1) is 13.8. The van der Waals surface area contributed by atoms with Crippen LogP contribution in [-0.2, 0) is 4.79 Å². The van der Waals surface area contributed by atoms with Crippen molar-refractivity contribution in [2.24, 2.45) is 10.9 Å². The summed E-state index contributed by atoms with van der Waals surface area (Å²) in [5.74, 6) is 1.73. The number of carbonyl (C=O) groups excluding carboxylic acids is 2. The first kappa shape index (κ1) is 19.2. The third-order valence-corrected chi connectivity index (χ3v) is 5.59. The number of methoxy groups -OCH3 is 1. The quantitative estimate of drug-likeness (QED) is 0.746. The number of imide groups is 1. The van der Waals surface area contributed by atoms with Gasteiger partial charge in [0.05, 0.1) is 7.11 Å². The average molecular weight is 396 g/mol. The summed E-state index contributed by atoms with van der Waals surface area (Å²) in [6, 6.07) is 6.72. The molecule has 1 saturated heterocycles. The third-order valence-electron chi connectivity index (χ3n) is 5.59. The molecule has 0 N–H and O–H groups in total. The fourth-order valence-corrected chi connectivity index (χ4v) is 4.07. The zero-order valence-corrected chi connectivity index (χ0v) is 17.6. The number of amidine groups is 1. The molecular formula is C21H26N5O3+. The minimum absolute atomic E-state index is 0.182. The van der Waals surface area contributed by atoms with Crippen molar-refractivity contribution in [3.05, 3.63) is 35.7 Å². The summed E-state index contributed by atoms with van der Waals surface area (Å²) >= 11 is 0. The van der Waals surface area contributed by atoms with E-state index in [1.807, 2.05) is 61.1 Å². The maximum Gasteiger partial charge on any atom is 0.407 e. The molecule has 2 aliphatic heterocycles. The monoisotopic (exact) mass is 396 g/mol. The number of para-hydroxylation sites is 2. The lowest BCUT2D eigenvalue weighted by Crippen LogP contribution is -2.63. The van der Waals surface area contributed by atoms with Crippen LogP contribution in [0.3, 0.4) is 0 Å². The summed E-state index contributed by atoms with van der Waals surface area (Å²) in [4.78, 5) is 33.7. The van der Waals surface area contributed by atoms with Gasteiger partial charge >= 0.3 is 12.0 Å². The molecule has 29 heavy (non-hydrogen) atoms. The summed E-state index contributed by atoms with van der Waals surface area (Å²) in [6.45, 7) is 8.33. The van der Waals surface area contributed by atoms with Gasteiger partial charge < -0.3 is 4.74 Å². The lowest BCUT2D eigenvalue weighted by Gasteiger charge is -2.34. The number of hydrogen-bond acceptors (Lipinski definition) is 4. The van der Waals surface area contributed by atoms with Gasteiger partial charge in [0, 0.05) is 13.6 Å². The molecule has 1 fully saturated rings. The highest BCUT2D eigenvalue weighted by Crippen LogP contribution is 2.35. The number of ether oxygens (including phenoxy) is 1. The maximum absolute atomic E-state index is 13.3. The van der Waals surface area contributed by atoms with E-state index in [1.165, 1.54) is 9.80 Å². The van der Waals surface area contributed by atoms with Crippen LogP contribution in [0.5, 0.6) is 5.75 Å². The second-order valence-electron chi connectivity index (χ2n) is 7.90. The van der Waals surface area contributed by atoms with Gasteiger partial charge in [-0.05, 0) is 31.9 Å². The van der Waals surface area contributed by atoms with Gasteiger partial charge in [-0.1, -0.05) is 31.0 Å². The summed E-state index contributed by atoms with van der Waals surface area (Å²) in [5.41, 5.74) is 2.73. The molecule has 0 saturated carbocycles. The lowest BCUT2D eigenvalue weighted by molar-refractivity contribution is -0.682. The Kier molecular flexibility index (Phi) is 4.44. The summed E-state index contributed by atoms with van der Waals surface area (Å²) in [6.07, 6.45) is 0. The number of urea groups is 1. The second kappa shape index (κ2) is 6.72. The van der Waals surface area contributed by atoms with Crippen LogP contribution in [0.15, 0.2) is 29.3 Å². The number of benzene rings is 1.